The standard InChI is InChI=1S/C16H16O4/c1-9(17)14-12(19-3)7-5-11-6-8-13(20-4)15(10(2)18)16(11)14/h5-8H,1-4H3. The molecule has 2 aromatic rings. The Kier molecular flexibility index (Phi) is 3.74. The van der Waals surface area contributed by atoms with Crippen LogP contribution in [0.15, 0.2) is 24.3 Å². The van der Waals surface area contributed by atoms with Crippen molar-refractivity contribution in [2.24, 2.45) is 0 Å². The minimum atomic E-state index is -0.150. The van der Waals surface area contributed by atoms with Gasteiger partial charge >= 0.3 is 0 Å². The molecule has 0 aromatic heterocycles. The predicted molar refractivity (Wildman–Crippen MR) is 77.1 cm³/mol. The van der Waals surface area contributed by atoms with Gasteiger partial charge in [-0.2, -0.15) is 0 Å². The van der Waals surface area contributed by atoms with E-state index >= 15 is 0 Å². The largest absolute Gasteiger partial charge is 0.496 e. The van der Waals surface area contributed by atoms with E-state index in [0.29, 0.717) is 28.0 Å². The predicted octanol–water partition coefficient (Wildman–Crippen LogP) is 3.26. The van der Waals surface area contributed by atoms with Crippen molar-refractivity contribution in [2.45, 2.75) is 13.8 Å². The highest BCUT2D eigenvalue weighted by atomic mass is 16.5. The third kappa shape index (κ3) is 2.13. The molecule has 0 fully saturated rings. The molecular weight excluding hydrogens is 256 g/mol. The number of carbonyl (C=O) groups excluding carboxylic acids is 2. The Morgan fingerprint density at radius 1 is 0.800 bits per heavy atom. The molecule has 0 N–H and O–H groups in total. The van der Waals surface area contributed by atoms with E-state index in [9.17, 15) is 9.59 Å². The number of hydrogen-bond acceptors (Lipinski definition) is 4. The molecule has 0 atom stereocenters. The Bertz CT molecular complexity index is 644. The van der Waals surface area contributed by atoms with Crippen molar-refractivity contribution >= 4 is 22.3 Å². The van der Waals surface area contributed by atoms with Crippen LogP contribution in [0.25, 0.3) is 10.8 Å². The van der Waals surface area contributed by atoms with E-state index in [1.807, 2.05) is 12.1 Å². The van der Waals surface area contributed by atoms with Crippen LogP contribution in [0.4, 0.5) is 0 Å². The lowest BCUT2D eigenvalue weighted by Gasteiger charge is -2.14. The number of methoxy groups -OCH3 is 2. The fraction of sp³-hybridized carbons (Fsp3) is 0.250. The quantitative estimate of drug-likeness (QED) is 0.802. The van der Waals surface area contributed by atoms with Gasteiger partial charge < -0.3 is 9.47 Å². The lowest BCUT2D eigenvalue weighted by Crippen LogP contribution is -2.05. The van der Waals surface area contributed by atoms with E-state index < -0.39 is 0 Å². The van der Waals surface area contributed by atoms with E-state index in [1.165, 1.54) is 28.1 Å². The second-order valence-electron chi connectivity index (χ2n) is 4.50. The highest BCUT2D eigenvalue weighted by molar-refractivity contribution is 6.18. The Hall–Kier alpha value is -2.36. The Morgan fingerprint density at radius 3 is 1.50 bits per heavy atom. The van der Waals surface area contributed by atoms with Gasteiger partial charge in [-0.05, 0) is 31.4 Å². The number of ether oxygens (including phenoxy) is 2. The van der Waals surface area contributed by atoms with Crippen LogP contribution in [-0.4, -0.2) is 25.8 Å². The SMILES string of the molecule is COc1ccc2ccc(OC)c(C(C)=O)c2c1C(C)=O. The zero-order chi connectivity index (χ0) is 14.9. The molecule has 0 bridgehead atoms. The van der Waals surface area contributed by atoms with Gasteiger partial charge in [0.2, 0.25) is 0 Å². The first-order chi connectivity index (χ1) is 9.51. The first-order valence-corrected chi connectivity index (χ1v) is 6.20. The molecule has 0 aliphatic heterocycles. The number of hydrogen-bond donors (Lipinski definition) is 0. The van der Waals surface area contributed by atoms with Crippen LogP contribution in [0.1, 0.15) is 34.6 Å². The Labute approximate surface area is 117 Å². The first kappa shape index (κ1) is 14.1. The van der Waals surface area contributed by atoms with Crippen molar-refractivity contribution in [3.63, 3.8) is 0 Å². The monoisotopic (exact) mass is 272 g/mol. The molecule has 2 rings (SSSR count). The molecule has 4 heteroatoms. The molecule has 0 saturated heterocycles. The van der Waals surface area contributed by atoms with Gasteiger partial charge in [0.05, 0.1) is 25.3 Å². The number of benzene rings is 2. The summed E-state index contributed by atoms with van der Waals surface area (Å²) in [4.78, 5) is 24.0. The summed E-state index contributed by atoms with van der Waals surface area (Å²) in [6, 6.07) is 7.11. The van der Waals surface area contributed by atoms with Crippen LogP contribution in [-0.2, 0) is 0 Å². The zero-order valence-corrected chi connectivity index (χ0v) is 11.9. The second-order valence-corrected chi connectivity index (χ2v) is 4.50. The third-order valence-corrected chi connectivity index (χ3v) is 3.25. The maximum atomic E-state index is 12.0. The normalized spacial score (nSPS) is 10.4. The maximum absolute atomic E-state index is 12.0. The molecule has 0 saturated carbocycles. The highest BCUT2D eigenvalue weighted by Gasteiger charge is 2.20. The molecule has 0 aliphatic rings. The number of carbonyl (C=O) groups is 2. The summed E-state index contributed by atoms with van der Waals surface area (Å²) in [5.41, 5.74) is 0.822. The number of Topliss-reactive ketones (excluding diaryl/α,β-unsaturated/α-hetero) is 2. The van der Waals surface area contributed by atoms with Crippen LogP contribution >= 0.6 is 0 Å². The average molecular weight is 272 g/mol. The van der Waals surface area contributed by atoms with Gasteiger partial charge in [0.15, 0.2) is 11.6 Å². The zero-order valence-electron chi connectivity index (χ0n) is 11.9. The van der Waals surface area contributed by atoms with Gasteiger partial charge in [0.1, 0.15) is 11.5 Å². The molecular formula is C16H16O4. The molecule has 0 amide bonds. The van der Waals surface area contributed by atoms with Crippen molar-refractivity contribution in [1.82, 2.24) is 0 Å². The summed E-state index contributed by atoms with van der Waals surface area (Å²) in [5, 5.41) is 1.39. The van der Waals surface area contributed by atoms with E-state index in [-0.39, 0.29) is 11.6 Å². The lowest BCUT2D eigenvalue weighted by molar-refractivity contribution is 0.101. The summed E-state index contributed by atoms with van der Waals surface area (Å²) in [5.74, 6) is 0.618. The van der Waals surface area contributed by atoms with Crippen molar-refractivity contribution in [3.05, 3.63) is 35.4 Å². The summed E-state index contributed by atoms with van der Waals surface area (Å²) in [6.07, 6.45) is 0. The highest BCUT2D eigenvalue weighted by Crippen LogP contribution is 2.35. The number of fused-ring (bicyclic) bond motifs is 1. The molecule has 0 radical (unpaired) electrons. The molecule has 0 spiro atoms. The topological polar surface area (TPSA) is 52.6 Å². The van der Waals surface area contributed by atoms with Crippen molar-refractivity contribution < 1.29 is 19.1 Å². The van der Waals surface area contributed by atoms with Gasteiger partial charge in [-0.1, -0.05) is 12.1 Å². The van der Waals surface area contributed by atoms with E-state index in [4.69, 9.17) is 9.47 Å². The summed E-state index contributed by atoms with van der Waals surface area (Å²) in [7, 11) is 3.00. The lowest BCUT2D eigenvalue weighted by atomic mass is 9.94. The molecule has 0 unspecified atom stereocenters. The van der Waals surface area contributed by atoms with Gasteiger partial charge in [-0.25, -0.2) is 0 Å². The van der Waals surface area contributed by atoms with Crippen LogP contribution in [0.5, 0.6) is 11.5 Å². The molecule has 104 valence electrons. The maximum Gasteiger partial charge on any atom is 0.164 e. The smallest absolute Gasteiger partial charge is 0.164 e. The van der Waals surface area contributed by atoms with Gasteiger partial charge in [-0.15, -0.1) is 0 Å². The molecule has 4 nitrogen and oxygen atoms in total. The number of ketones is 2. The fourth-order valence-corrected chi connectivity index (χ4v) is 2.42. The van der Waals surface area contributed by atoms with Gasteiger partial charge in [-0.3, -0.25) is 9.59 Å². The van der Waals surface area contributed by atoms with Crippen molar-refractivity contribution in [1.29, 1.82) is 0 Å². The van der Waals surface area contributed by atoms with Crippen molar-refractivity contribution in [3.8, 4) is 11.5 Å². The van der Waals surface area contributed by atoms with Crippen LogP contribution in [0.3, 0.4) is 0 Å². The minimum absolute atomic E-state index is 0.150. The molecule has 20 heavy (non-hydrogen) atoms. The first-order valence-electron chi connectivity index (χ1n) is 6.20. The van der Waals surface area contributed by atoms with Crippen molar-refractivity contribution in [2.75, 3.05) is 14.2 Å². The summed E-state index contributed by atoms with van der Waals surface area (Å²) >= 11 is 0. The molecule has 0 aliphatic carbocycles. The van der Waals surface area contributed by atoms with Crippen LogP contribution < -0.4 is 9.47 Å². The second kappa shape index (κ2) is 5.33. The Morgan fingerprint density at radius 2 is 1.20 bits per heavy atom. The average Bonchev–Trinajstić information content (AvgIpc) is 2.43. The van der Waals surface area contributed by atoms with E-state index in [2.05, 4.69) is 0 Å². The summed E-state index contributed by atoms with van der Waals surface area (Å²) in [6.45, 7) is 2.92. The van der Waals surface area contributed by atoms with Crippen LogP contribution in [0, 0.1) is 0 Å². The van der Waals surface area contributed by atoms with Gasteiger partial charge in [0.25, 0.3) is 0 Å². The number of rotatable bonds is 4. The Balaban J connectivity index is 3.03. The molecule has 2 aromatic carbocycles. The fourth-order valence-electron chi connectivity index (χ4n) is 2.42. The van der Waals surface area contributed by atoms with Crippen LogP contribution in [0.2, 0.25) is 0 Å². The van der Waals surface area contributed by atoms with E-state index in [1.54, 1.807) is 12.1 Å². The summed E-state index contributed by atoms with van der Waals surface area (Å²) < 4.78 is 10.5. The third-order valence-electron chi connectivity index (χ3n) is 3.25. The van der Waals surface area contributed by atoms with Gasteiger partial charge in [0, 0.05) is 5.39 Å². The molecule has 0 heterocycles. The van der Waals surface area contributed by atoms with E-state index in [0.717, 1.165) is 5.39 Å². The minimum Gasteiger partial charge on any atom is -0.496 e.